The largest absolute Gasteiger partial charge is 0.373 e. The minimum absolute atomic E-state index is 0.418. The van der Waals surface area contributed by atoms with E-state index < -0.39 is 0 Å². The van der Waals surface area contributed by atoms with Gasteiger partial charge in [-0.25, -0.2) is 0 Å². The Morgan fingerprint density at radius 2 is 1.71 bits per heavy atom. The zero-order valence-corrected chi connectivity index (χ0v) is 12.8. The molecule has 112 valence electrons. The molecule has 4 heteroatoms. The number of nitrogens with zero attached hydrogens (tertiary/aromatic N) is 1. The summed E-state index contributed by atoms with van der Waals surface area (Å²) in [6.45, 7) is 2.85. The standard InChI is InChI=1S/C12H16ClNO.C5H5N/c13-11-3-1-10(2-4-11)9-15-12-5-7-14-8-6-12;1-2-4-6-5-3-1/h1-4,12,14H,5-9H2;1-5H. The van der Waals surface area contributed by atoms with Crippen molar-refractivity contribution in [3.05, 3.63) is 65.4 Å². The summed E-state index contributed by atoms with van der Waals surface area (Å²) < 4.78 is 5.83. The number of nitrogens with one attached hydrogen (secondary N) is 1. The van der Waals surface area contributed by atoms with Crippen molar-refractivity contribution in [2.75, 3.05) is 13.1 Å². The molecule has 0 amide bonds. The number of ether oxygens (including phenoxy) is 1. The second kappa shape index (κ2) is 9.50. The fraction of sp³-hybridized carbons (Fsp3) is 0.353. The molecule has 1 aliphatic rings. The van der Waals surface area contributed by atoms with Gasteiger partial charge < -0.3 is 10.1 Å². The molecule has 0 saturated carbocycles. The molecule has 0 aliphatic carbocycles. The summed E-state index contributed by atoms with van der Waals surface area (Å²) >= 11 is 5.81. The van der Waals surface area contributed by atoms with E-state index >= 15 is 0 Å². The maximum atomic E-state index is 5.83. The summed E-state index contributed by atoms with van der Waals surface area (Å²) in [5, 5.41) is 4.10. The molecule has 2 heterocycles. The van der Waals surface area contributed by atoms with E-state index in [2.05, 4.69) is 10.3 Å². The number of hydrogen-bond acceptors (Lipinski definition) is 3. The van der Waals surface area contributed by atoms with E-state index in [9.17, 15) is 0 Å². The first kappa shape index (κ1) is 16.0. The number of aromatic nitrogens is 1. The van der Waals surface area contributed by atoms with Crippen LogP contribution in [0.1, 0.15) is 18.4 Å². The SMILES string of the molecule is Clc1ccc(COC2CCNCC2)cc1.c1ccncc1. The lowest BCUT2D eigenvalue weighted by molar-refractivity contribution is 0.0212. The highest BCUT2D eigenvalue weighted by atomic mass is 35.5. The van der Waals surface area contributed by atoms with Gasteiger partial charge in [0.1, 0.15) is 0 Å². The van der Waals surface area contributed by atoms with Crippen molar-refractivity contribution in [2.45, 2.75) is 25.6 Å². The van der Waals surface area contributed by atoms with Gasteiger partial charge in [0.05, 0.1) is 12.7 Å². The van der Waals surface area contributed by atoms with Crippen molar-refractivity contribution in [2.24, 2.45) is 0 Å². The topological polar surface area (TPSA) is 34.1 Å². The zero-order chi connectivity index (χ0) is 14.8. The lowest BCUT2D eigenvalue weighted by Crippen LogP contribution is -2.32. The van der Waals surface area contributed by atoms with Crippen LogP contribution in [0.4, 0.5) is 0 Å². The second-order valence-corrected chi connectivity index (χ2v) is 5.35. The fourth-order valence-electron chi connectivity index (χ4n) is 2.07. The number of hydrogen-bond donors (Lipinski definition) is 1. The Labute approximate surface area is 131 Å². The van der Waals surface area contributed by atoms with Gasteiger partial charge in [-0.2, -0.15) is 0 Å². The molecule has 2 aromatic rings. The summed E-state index contributed by atoms with van der Waals surface area (Å²) in [7, 11) is 0. The van der Waals surface area contributed by atoms with Crippen LogP contribution in [-0.4, -0.2) is 24.2 Å². The van der Waals surface area contributed by atoms with Gasteiger partial charge in [0.15, 0.2) is 0 Å². The minimum atomic E-state index is 0.418. The minimum Gasteiger partial charge on any atom is -0.373 e. The predicted octanol–water partition coefficient (Wildman–Crippen LogP) is 3.69. The van der Waals surface area contributed by atoms with Crippen LogP contribution >= 0.6 is 11.6 Å². The Hall–Kier alpha value is -1.42. The molecular weight excluding hydrogens is 284 g/mol. The van der Waals surface area contributed by atoms with Crippen LogP contribution in [0.2, 0.25) is 5.02 Å². The van der Waals surface area contributed by atoms with E-state index in [-0.39, 0.29) is 0 Å². The van der Waals surface area contributed by atoms with E-state index in [1.807, 2.05) is 42.5 Å². The average molecular weight is 305 g/mol. The normalized spacial score (nSPS) is 15.1. The molecule has 0 atom stereocenters. The molecule has 21 heavy (non-hydrogen) atoms. The van der Waals surface area contributed by atoms with Crippen LogP contribution in [0.25, 0.3) is 0 Å². The molecular formula is C17H21ClN2O. The zero-order valence-electron chi connectivity index (χ0n) is 12.0. The van der Waals surface area contributed by atoms with E-state index in [0.29, 0.717) is 12.7 Å². The third-order valence-electron chi connectivity index (χ3n) is 3.25. The van der Waals surface area contributed by atoms with Gasteiger partial charge in [0.25, 0.3) is 0 Å². The van der Waals surface area contributed by atoms with Crippen molar-refractivity contribution < 1.29 is 4.74 Å². The molecule has 1 fully saturated rings. The van der Waals surface area contributed by atoms with Crippen molar-refractivity contribution in [3.63, 3.8) is 0 Å². The Morgan fingerprint density at radius 1 is 1.05 bits per heavy atom. The molecule has 1 saturated heterocycles. The number of benzene rings is 1. The van der Waals surface area contributed by atoms with Crippen LogP contribution in [0.5, 0.6) is 0 Å². The number of pyridine rings is 1. The number of halogens is 1. The van der Waals surface area contributed by atoms with Crippen LogP contribution in [0, 0.1) is 0 Å². The second-order valence-electron chi connectivity index (χ2n) is 4.91. The van der Waals surface area contributed by atoms with Gasteiger partial charge in [0, 0.05) is 17.4 Å². The summed E-state index contributed by atoms with van der Waals surface area (Å²) in [6.07, 6.45) is 6.16. The summed E-state index contributed by atoms with van der Waals surface area (Å²) in [6, 6.07) is 13.6. The van der Waals surface area contributed by atoms with Gasteiger partial charge in [-0.3, -0.25) is 4.98 Å². The highest BCUT2D eigenvalue weighted by Gasteiger charge is 2.12. The fourth-order valence-corrected chi connectivity index (χ4v) is 2.20. The first-order valence-corrected chi connectivity index (χ1v) is 7.64. The summed E-state index contributed by atoms with van der Waals surface area (Å²) in [5.41, 5.74) is 1.19. The van der Waals surface area contributed by atoms with Gasteiger partial charge in [-0.1, -0.05) is 29.8 Å². The highest BCUT2D eigenvalue weighted by Crippen LogP contribution is 2.13. The maximum Gasteiger partial charge on any atom is 0.0720 e. The van der Waals surface area contributed by atoms with Gasteiger partial charge in [-0.05, 0) is 55.8 Å². The van der Waals surface area contributed by atoms with E-state index in [1.54, 1.807) is 12.4 Å². The van der Waals surface area contributed by atoms with E-state index in [1.165, 1.54) is 5.56 Å². The lowest BCUT2D eigenvalue weighted by Gasteiger charge is -2.22. The Kier molecular flexibility index (Phi) is 7.22. The van der Waals surface area contributed by atoms with Crippen molar-refractivity contribution in [1.29, 1.82) is 0 Å². The molecule has 1 aromatic carbocycles. The molecule has 0 radical (unpaired) electrons. The maximum absolute atomic E-state index is 5.83. The van der Waals surface area contributed by atoms with Crippen LogP contribution in [0.3, 0.4) is 0 Å². The monoisotopic (exact) mass is 304 g/mol. The molecule has 3 rings (SSSR count). The van der Waals surface area contributed by atoms with Crippen LogP contribution in [-0.2, 0) is 11.3 Å². The molecule has 1 aromatic heterocycles. The lowest BCUT2D eigenvalue weighted by atomic mass is 10.1. The summed E-state index contributed by atoms with van der Waals surface area (Å²) in [4.78, 5) is 3.78. The molecule has 0 unspecified atom stereocenters. The molecule has 0 bridgehead atoms. The third-order valence-corrected chi connectivity index (χ3v) is 3.50. The smallest absolute Gasteiger partial charge is 0.0720 e. The van der Waals surface area contributed by atoms with Gasteiger partial charge in [-0.15, -0.1) is 0 Å². The van der Waals surface area contributed by atoms with Crippen molar-refractivity contribution >= 4 is 11.6 Å². The summed E-state index contributed by atoms with van der Waals surface area (Å²) in [5.74, 6) is 0. The van der Waals surface area contributed by atoms with E-state index in [4.69, 9.17) is 16.3 Å². The first-order chi connectivity index (χ1) is 10.3. The van der Waals surface area contributed by atoms with E-state index in [0.717, 1.165) is 31.0 Å². The third kappa shape index (κ3) is 6.71. The molecule has 1 N–H and O–H groups in total. The highest BCUT2D eigenvalue weighted by molar-refractivity contribution is 6.30. The molecule has 1 aliphatic heterocycles. The Bertz CT molecular complexity index is 457. The number of piperidine rings is 1. The van der Waals surface area contributed by atoms with Gasteiger partial charge >= 0.3 is 0 Å². The molecule has 0 spiro atoms. The quantitative estimate of drug-likeness (QED) is 0.939. The number of rotatable bonds is 3. The van der Waals surface area contributed by atoms with Crippen molar-refractivity contribution in [3.8, 4) is 0 Å². The van der Waals surface area contributed by atoms with Crippen molar-refractivity contribution in [1.82, 2.24) is 10.3 Å². The van der Waals surface area contributed by atoms with Crippen LogP contribution < -0.4 is 5.32 Å². The Balaban J connectivity index is 0.000000225. The van der Waals surface area contributed by atoms with Gasteiger partial charge in [0.2, 0.25) is 0 Å². The average Bonchev–Trinajstić information content (AvgIpc) is 2.57. The predicted molar refractivity (Wildman–Crippen MR) is 86.4 cm³/mol. The Morgan fingerprint density at radius 3 is 2.24 bits per heavy atom. The first-order valence-electron chi connectivity index (χ1n) is 7.26. The molecule has 3 nitrogen and oxygen atoms in total. The van der Waals surface area contributed by atoms with Crippen LogP contribution in [0.15, 0.2) is 54.9 Å².